The quantitative estimate of drug-likeness (QED) is 0.869. The van der Waals surface area contributed by atoms with E-state index in [9.17, 15) is 0 Å². The maximum atomic E-state index is 6.36. The summed E-state index contributed by atoms with van der Waals surface area (Å²) in [5.74, 6) is 0.916. The molecule has 1 aliphatic carbocycles. The first-order valence-electron chi connectivity index (χ1n) is 7.57. The van der Waals surface area contributed by atoms with Crippen molar-refractivity contribution in [3.8, 4) is 0 Å². The van der Waals surface area contributed by atoms with Gasteiger partial charge in [0.2, 0.25) is 0 Å². The van der Waals surface area contributed by atoms with Crippen LogP contribution in [0.2, 0.25) is 5.02 Å². The minimum absolute atomic E-state index is 0.207. The summed E-state index contributed by atoms with van der Waals surface area (Å²) in [4.78, 5) is 0. The first kappa shape index (κ1) is 14.9. The Kier molecular flexibility index (Phi) is 5.28. The fraction of sp³-hybridized carbons (Fsp3) is 0.800. The molecule has 0 radical (unpaired) electrons. The Morgan fingerprint density at radius 2 is 2.11 bits per heavy atom. The molecule has 4 heteroatoms. The van der Waals surface area contributed by atoms with Crippen LogP contribution >= 0.6 is 11.6 Å². The van der Waals surface area contributed by atoms with E-state index in [0.717, 1.165) is 41.6 Å². The molecule has 2 N–H and O–H groups in total. The van der Waals surface area contributed by atoms with Gasteiger partial charge in [-0.3, -0.25) is 4.68 Å². The lowest BCUT2D eigenvalue weighted by molar-refractivity contribution is 0.443. The zero-order chi connectivity index (χ0) is 13.8. The molecular formula is C15H26ClN3. The minimum Gasteiger partial charge on any atom is -0.327 e. The van der Waals surface area contributed by atoms with Crippen molar-refractivity contribution in [2.45, 2.75) is 64.3 Å². The van der Waals surface area contributed by atoms with Gasteiger partial charge in [-0.1, -0.05) is 44.2 Å². The van der Waals surface area contributed by atoms with Crippen LogP contribution in [0.1, 0.15) is 56.8 Å². The number of aromatic nitrogens is 2. The normalized spacial score (nSPS) is 18.1. The lowest BCUT2D eigenvalue weighted by Gasteiger charge is -2.15. The number of halogens is 1. The predicted octanol–water partition coefficient (Wildman–Crippen LogP) is 3.48. The van der Waals surface area contributed by atoms with E-state index in [0.29, 0.717) is 0 Å². The van der Waals surface area contributed by atoms with E-state index in [1.165, 1.54) is 32.1 Å². The topological polar surface area (TPSA) is 43.8 Å². The molecule has 1 heterocycles. The number of aryl methyl sites for hydroxylation is 2. The lowest BCUT2D eigenvalue weighted by atomic mass is 9.97. The van der Waals surface area contributed by atoms with E-state index in [-0.39, 0.29) is 6.04 Å². The third-order valence-electron chi connectivity index (χ3n) is 4.38. The van der Waals surface area contributed by atoms with E-state index < -0.39 is 0 Å². The third kappa shape index (κ3) is 3.73. The summed E-state index contributed by atoms with van der Waals surface area (Å²) in [6.07, 6.45) is 9.73. The van der Waals surface area contributed by atoms with Gasteiger partial charge in [-0.05, 0) is 25.2 Å². The van der Waals surface area contributed by atoms with Crippen LogP contribution in [0, 0.1) is 5.92 Å². The maximum absolute atomic E-state index is 6.36. The van der Waals surface area contributed by atoms with E-state index in [2.05, 4.69) is 12.0 Å². The monoisotopic (exact) mass is 283 g/mol. The highest BCUT2D eigenvalue weighted by Gasteiger charge is 2.19. The third-order valence-corrected chi connectivity index (χ3v) is 4.82. The Morgan fingerprint density at radius 1 is 1.42 bits per heavy atom. The molecule has 0 bridgehead atoms. The molecule has 0 amide bonds. The summed E-state index contributed by atoms with van der Waals surface area (Å²) >= 11 is 6.36. The lowest BCUT2D eigenvalue weighted by Crippen LogP contribution is -2.25. The smallest absolute Gasteiger partial charge is 0.0850 e. The van der Waals surface area contributed by atoms with Crippen LogP contribution in [0.4, 0.5) is 0 Å². The van der Waals surface area contributed by atoms with E-state index in [1.807, 2.05) is 11.7 Å². The van der Waals surface area contributed by atoms with Crippen molar-refractivity contribution >= 4 is 11.6 Å². The highest BCUT2D eigenvalue weighted by molar-refractivity contribution is 6.31. The van der Waals surface area contributed by atoms with E-state index in [1.54, 1.807) is 0 Å². The highest BCUT2D eigenvalue weighted by Crippen LogP contribution is 2.29. The van der Waals surface area contributed by atoms with Gasteiger partial charge in [0.15, 0.2) is 0 Å². The Balaban J connectivity index is 1.87. The Hall–Kier alpha value is -0.540. The number of hydrogen-bond acceptors (Lipinski definition) is 2. The number of nitrogens with two attached hydrogens (primary N) is 1. The van der Waals surface area contributed by atoms with Gasteiger partial charge in [0.1, 0.15) is 0 Å². The molecule has 0 aliphatic heterocycles. The molecule has 108 valence electrons. The van der Waals surface area contributed by atoms with Gasteiger partial charge < -0.3 is 5.73 Å². The molecule has 2 rings (SSSR count). The molecule has 19 heavy (non-hydrogen) atoms. The Bertz CT molecular complexity index is 408. The maximum Gasteiger partial charge on any atom is 0.0850 e. The van der Waals surface area contributed by atoms with Gasteiger partial charge in [-0.15, -0.1) is 0 Å². The van der Waals surface area contributed by atoms with Crippen molar-refractivity contribution in [3.05, 3.63) is 16.4 Å². The van der Waals surface area contributed by atoms with Crippen molar-refractivity contribution in [2.24, 2.45) is 18.7 Å². The van der Waals surface area contributed by atoms with Crippen molar-refractivity contribution < 1.29 is 0 Å². The molecule has 1 aliphatic rings. The summed E-state index contributed by atoms with van der Waals surface area (Å²) in [7, 11) is 1.96. The predicted molar refractivity (Wildman–Crippen MR) is 80.5 cm³/mol. The minimum atomic E-state index is 0.207. The highest BCUT2D eigenvalue weighted by atomic mass is 35.5. The molecule has 1 aromatic rings. The fourth-order valence-electron chi connectivity index (χ4n) is 3.14. The van der Waals surface area contributed by atoms with Gasteiger partial charge in [0.25, 0.3) is 0 Å². The van der Waals surface area contributed by atoms with Crippen LogP contribution in [0.3, 0.4) is 0 Å². The first-order valence-corrected chi connectivity index (χ1v) is 7.95. The molecular weight excluding hydrogens is 258 g/mol. The second-order valence-electron chi connectivity index (χ2n) is 5.88. The van der Waals surface area contributed by atoms with Gasteiger partial charge in [0, 0.05) is 19.5 Å². The summed E-state index contributed by atoms with van der Waals surface area (Å²) in [6.45, 7) is 2.08. The summed E-state index contributed by atoms with van der Waals surface area (Å²) in [5.41, 5.74) is 8.36. The van der Waals surface area contributed by atoms with Gasteiger partial charge in [-0.2, -0.15) is 5.10 Å². The molecule has 1 unspecified atom stereocenters. The average Bonchev–Trinajstić information content (AvgIpc) is 2.99. The second kappa shape index (κ2) is 6.76. The van der Waals surface area contributed by atoms with Gasteiger partial charge >= 0.3 is 0 Å². The van der Waals surface area contributed by atoms with E-state index in [4.69, 9.17) is 17.3 Å². The van der Waals surface area contributed by atoms with E-state index >= 15 is 0 Å². The average molecular weight is 284 g/mol. The fourth-order valence-corrected chi connectivity index (χ4v) is 3.51. The van der Waals surface area contributed by atoms with Gasteiger partial charge in [-0.25, -0.2) is 0 Å². The summed E-state index contributed by atoms with van der Waals surface area (Å²) in [5, 5.41) is 5.27. The molecule has 0 aromatic carbocycles. The van der Waals surface area contributed by atoms with Gasteiger partial charge in [0.05, 0.1) is 16.4 Å². The summed E-state index contributed by atoms with van der Waals surface area (Å²) in [6, 6.07) is 0.207. The molecule has 3 nitrogen and oxygen atoms in total. The molecule has 1 atom stereocenters. The number of rotatable bonds is 6. The standard InChI is InChI=1S/C15H26ClN3/c1-3-13-15(16)14(19(2)18-13)10-12(17)9-8-11-6-4-5-7-11/h11-12H,3-10,17H2,1-2H3. The first-order chi connectivity index (χ1) is 9.11. The van der Waals surface area contributed by atoms with Crippen LogP contribution in [-0.4, -0.2) is 15.8 Å². The molecule has 1 saturated carbocycles. The van der Waals surface area contributed by atoms with Crippen LogP contribution in [0.25, 0.3) is 0 Å². The van der Waals surface area contributed by atoms with Crippen LogP contribution in [0.5, 0.6) is 0 Å². The van der Waals surface area contributed by atoms with Crippen molar-refractivity contribution in [3.63, 3.8) is 0 Å². The van der Waals surface area contributed by atoms with Crippen molar-refractivity contribution in [1.82, 2.24) is 9.78 Å². The molecule has 1 aromatic heterocycles. The van der Waals surface area contributed by atoms with Crippen LogP contribution in [0.15, 0.2) is 0 Å². The Morgan fingerprint density at radius 3 is 2.68 bits per heavy atom. The molecule has 0 spiro atoms. The van der Waals surface area contributed by atoms with Crippen LogP contribution < -0.4 is 5.73 Å². The second-order valence-corrected chi connectivity index (χ2v) is 6.25. The van der Waals surface area contributed by atoms with Crippen LogP contribution in [-0.2, 0) is 19.9 Å². The Labute approximate surface area is 121 Å². The molecule has 1 fully saturated rings. The summed E-state index contributed by atoms with van der Waals surface area (Å²) < 4.78 is 1.90. The number of hydrogen-bond donors (Lipinski definition) is 1. The largest absolute Gasteiger partial charge is 0.327 e. The molecule has 0 saturated heterocycles. The zero-order valence-corrected chi connectivity index (χ0v) is 12.9. The SMILES string of the molecule is CCc1nn(C)c(CC(N)CCC2CCCC2)c1Cl. The van der Waals surface area contributed by atoms with Crippen molar-refractivity contribution in [2.75, 3.05) is 0 Å². The number of nitrogens with zero attached hydrogens (tertiary/aromatic N) is 2. The zero-order valence-electron chi connectivity index (χ0n) is 12.2. The van der Waals surface area contributed by atoms with Crippen molar-refractivity contribution in [1.29, 1.82) is 0 Å².